The molecule has 94 valence electrons. The Morgan fingerprint density at radius 2 is 2.16 bits per heavy atom. The van der Waals surface area contributed by atoms with Gasteiger partial charge in [-0.2, -0.15) is 5.26 Å². The summed E-state index contributed by atoms with van der Waals surface area (Å²) in [6, 6.07) is 9.78. The van der Waals surface area contributed by atoms with Gasteiger partial charge in [-0.1, -0.05) is 0 Å². The maximum Gasteiger partial charge on any atom is 0.335 e. The summed E-state index contributed by atoms with van der Waals surface area (Å²) in [5.41, 5.74) is 1.63. The number of aromatic carboxylic acids is 1. The van der Waals surface area contributed by atoms with Crippen LogP contribution in [0.2, 0.25) is 0 Å². The van der Waals surface area contributed by atoms with E-state index in [2.05, 4.69) is 4.98 Å². The lowest BCUT2D eigenvalue weighted by molar-refractivity contribution is 0.0697. The van der Waals surface area contributed by atoms with E-state index < -0.39 is 5.97 Å². The highest BCUT2D eigenvalue weighted by Gasteiger charge is 2.11. The van der Waals surface area contributed by atoms with Crippen molar-refractivity contribution in [2.75, 3.05) is 7.11 Å². The number of hydrogen-bond donors (Lipinski definition) is 1. The van der Waals surface area contributed by atoms with Gasteiger partial charge in [0.1, 0.15) is 5.75 Å². The van der Waals surface area contributed by atoms with Crippen molar-refractivity contribution in [1.29, 1.82) is 5.26 Å². The Hall–Kier alpha value is -2.87. The Kier molecular flexibility index (Phi) is 3.44. The fourth-order valence-corrected chi connectivity index (χ4v) is 1.69. The number of nitrogens with zero attached hydrogens (tertiary/aromatic N) is 2. The van der Waals surface area contributed by atoms with Gasteiger partial charge in [0.05, 0.1) is 30.0 Å². The van der Waals surface area contributed by atoms with Gasteiger partial charge in [0.15, 0.2) is 0 Å². The zero-order chi connectivity index (χ0) is 13.8. The minimum Gasteiger partial charge on any atom is -0.496 e. The molecule has 0 aliphatic carbocycles. The number of nitriles is 1. The van der Waals surface area contributed by atoms with Crippen LogP contribution in [0.5, 0.6) is 5.75 Å². The maximum absolute atomic E-state index is 11.0. The number of methoxy groups -OCH3 is 1. The molecule has 5 nitrogen and oxygen atoms in total. The van der Waals surface area contributed by atoms with Crippen molar-refractivity contribution in [2.45, 2.75) is 0 Å². The predicted octanol–water partition coefficient (Wildman–Crippen LogP) is 2.33. The first kappa shape index (κ1) is 12.6. The molecule has 19 heavy (non-hydrogen) atoms. The highest BCUT2D eigenvalue weighted by atomic mass is 16.5. The molecule has 2 rings (SSSR count). The van der Waals surface area contributed by atoms with E-state index in [-0.39, 0.29) is 5.56 Å². The molecule has 1 aromatic heterocycles. The molecule has 1 heterocycles. The molecule has 0 aliphatic rings. The number of pyridine rings is 1. The van der Waals surface area contributed by atoms with Gasteiger partial charge in [0, 0.05) is 11.8 Å². The molecule has 0 fully saturated rings. The van der Waals surface area contributed by atoms with E-state index in [9.17, 15) is 4.79 Å². The second kappa shape index (κ2) is 5.19. The molecule has 1 aromatic carbocycles. The summed E-state index contributed by atoms with van der Waals surface area (Å²) in [6.07, 6.45) is 1.41. The van der Waals surface area contributed by atoms with Crippen molar-refractivity contribution in [3.8, 4) is 23.1 Å². The van der Waals surface area contributed by atoms with E-state index in [1.54, 1.807) is 18.2 Å². The number of aromatic nitrogens is 1. The number of carboxylic acid groups (broad SMARTS) is 1. The summed E-state index contributed by atoms with van der Waals surface area (Å²) < 4.78 is 5.20. The van der Waals surface area contributed by atoms with Crippen molar-refractivity contribution in [3.63, 3.8) is 0 Å². The van der Waals surface area contributed by atoms with Crippen molar-refractivity contribution in [3.05, 3.63) is 47.7 Å². The van der Waals surface area contributed by atoms with Gasteiger partial charge in [-0.15, -0.1) is 0 Å². The zero-order valence-electron chi connectivity index (χ0n) is 10.1. The van der Waals surface area contributed by atoms with E-state index >= 15 is 0 Å². The number of carboxylic acids is 1. The normalized spacial score (nSPS) is 9.68. The largest absolute Gasteiger partial charge is 0.496 e. The molecule has 0 spiro atoms. The molecular weight excluding hydrogens is 244 g/mol. The highest BCUT2D eigenvalue weighted by molar-refractivity contribution is 5.89. The van der Waals surface area contributed by atoms with Gasteiger partial charge in [-0.25, -0.2) is 4.79 Å². The second-order valence-corrected chi connectivity index (χ2v) is 3.76. The molecule has 0 amide bonds. The van der Waals surface area contributed by atoms with Gasteiger partial charge in [-0.05, 0) is 30.3 Å². The molecule has 0 radical (unpaired) electrons. The molecule has 0 atom stereocenters. The molecule has 0 unspecified atom stereocenters. The van der Waals surface area contributed by atoms with E-state index in [1.807, 2.05) is 6.07 Å². The Labute approximate surface area is 109 Å². The lowest BCUT2D eigenvalue weighted by Gasteiger charge is -2.08. The average Bonchev–Trinajstić information content (AvgIpc) is 2.46. The first-order valence-corrected chi connectivity index (χ1v) is 5.43. The molecule has 0 saturated heterocycles. The zero-order valence-corrected chi connectivity index (χ0v) is 10.1. The third-order valence-electron chi connectivity index (χ3n) is 2.61. The van der Waals surface area contributed by atoms with Crippen LogP contribution in [0.1, 0.15) is 15.9 Å². The summed E-state index contributed by atoms with van der Waals surface area (Å²) in [5.74, 6) is -0.493. The van der Waals surface area contributed by atoms with E-state index in [0.29, 0.717) is 22.6 Å². The lowest BCUT2D eigenvalue weighted by atomic mass is 10.1. The van der Waals surface area contributed by atoms with E-state index in [0.717, 1.165) is 0 Å². The summed E-state index contributed by atoms with van der Waals surface area (Å²) >= 11 is 0. The van der Waals surface area contributed by atoms with Crippen molar-refractivity contribution < 1.29 is 14.6 Å². The molecule has 0 saturated carbocycles. The Morgan fingerprint density at radius 1 is 1.37 bits per heavy atom. The monoisotopic (exact) mass is 254 g/mol. The Balaban J connectivity index is 2.60. The Morgan fingerprint density at radius 3 is 2.79 bits per heavy atom. The van der Waals surface area contributed by atoms with E-state index in [4.69, 9.17) is 15.1 Å². The van der Waals surface area contributed by atoms with Crippen LogP contribution < -0.4 is 4.74 Å². The molecule has 5 heteroatoms. The number of carbonyl (C=O) groups is 1. The number of rotatable bonds is 3. The quantitative estimate of drug-likeness (QED) is 0.908. The topological polar surface area (TPSA) is 83.2 Å². The number of hydrogen-bond acceptors (Lipinski definition) is 4. The molecule has 1 N–H and O–H groups in total. The van der Waals surface area contributed by atoms with E-state index in [1.165, 1.54) is 25.4 Å². The van der Waals surface area contributed by atoms with Crippen LogP contribution in [0.25, 0.3) is 11.3 Å². The predicted molar refractivity (Wildman–Crippen MR) is 67.9 cm³/mol. The first-order valence-electron chi connectivity index (χ1n) is 5.43. The minimum absolute atomic E-state index is 0.134. The van der Waals surface area contributed by atoms with Crippen LogP contribution in [0, 0.1) is 11.3 Å². The van der Waals surface area contributed by atoms with Crippen LogP contribution in [0.3, 0.4) is 0 Å². The summed E-state index contributed by atoms with van der Waals surface area (Å²) in [6.45, 7) is 0. The lowest BCUT2D eigenvalue weighted by Crippen LogP contribution is -1.98. The van der Waals surface area contributed by atoms with Crippen LogP contribution in [0.4, 0.5) is 0 Å². The second-order valence-electron chi connectivity index (χ2n) is 3.76. The SMILES string of the molecule is COc1ccc(C#N)cc1-c1cc(C(=O)O)ccn1. The van der Waals surface area contributed by atoms with Crippen molar-refractivity contribution >= 4 is 5.97 Å². The number of ether oxygens (including phenoxy) is 1. The summed E-state index contributed by atoms with van der Waals surface area (Å²) in [7, 11) is 1.51. The van der Waals surface area contributed by atoms with Crippen LogP contribution in [-0.4, -0.2) is 23.2 Å². The third-order valence-corrected chi connectivity index (χ3v) is 2.61. The molecule has 2 aromatic rings. The fourth-order valence-electron chi connectivity index (χ4n) is 1.69. The maximum atomic E-state index is 11.0. The van der Waals surface area contributed by atoms with Gasteiger partial charge >= 0.3 is 5.97 Å². The van der Waals surface area contributed by atoms with Crippen LogP contribution >= 0.6 is 0 Å². The molecular formula is C14H10N2O3. The van der Waals surface area contributed by atoms with Gasteiger partial charge < -0.3 is 9.84 Å². The minimum atomic E-state index is -1.03. The van der Waals surface area contributed by atoms with Gasteiger partial charge in [0.25, 0.3) is 0 Å². The smallest absolute Gasteiger partial charge is 0.335 e. The fraction of sp³-hybridized carbons (Fsp3) is 0.0714. The van der Waals surface area contributed by atoms with Crippen LogP contribution in [0.15, 0.2) is 36.5 Å². The van der Waals surface area contributed by atoms with Crippen LogP contribution in [-0.2, 0) is 0 Å². The summed E-state index contributed by atoms with van der Waals surface area (Å²) in [5, 5.41) is 17.9. The van der Waals surface area contributed by atoms with Crippen molar-refractivity contribution in [2.24, 2.45) is 0 Å². The van der Waals surface area contributed by atoms with Gasteiger partial charge in [0.2, 0.25) is 0 Å². The average molecular weight is 254 g/mol. The van der Waals surface area contributed by atoms with Crippen molar-refractivity contribution in [1.82, 2.24) is 4.98 Å². The summed E-state index contributed by atoms with van der Waals surface area (Å²) in [4.78, 5) is 15.1. The third kappa shape index (κ3) is 2.53. The number of benzene rings is 1. The first-order chi connectivity index (χ1) is 9.15. The Bertz CT molecular complexity index is 675. The standard InChI is InChI=1S/C14H10N2O3/c1-19-13-3-2-9(8-15)6-11(13)12-7-10(14(17)18)4-5-16-12/h2-7H,1H3,(H,17,18). The van der Waals surface area contributed by atoms with Gasteiger partial charge in [-0.3, -0.25) is 4.98 Å². The molecule has 0 bridgehead atoms. The highest BCUT2D eigenvalue weighted by Crippen LogP contribution is 2.29. The molecule has 0 aliphatic heterocycles.